The number of nitrogens with two attached hydrogens (primary N) is 1. The van der Waals surface area contributed by atoms with Gasteiger partial charge in [-0.15, -0.1) is 0 Å². The zero-order valence-corrected chi connectivity index (χ0v) is 13.1. The summed E-state index contributed by atoms with van der Waals surface area (Å²) in [5.41, 5.74) is 9.56. The lowest BCUT2D eigenvalue weighted by Gasteiger charge is -2.22. The highest BCUT2D eigenvalue weighted by molar-refractivity contribution is 7.98. The molecule has 1 atom stereocenters. The van der Waals surface area contributed by atoms with Gasteiger partial charge in [0.15, 0.2) is 0 Å². The second-order valence-electron chi connectivity index (χ2n) is 5.01. The SMILES string of the molecule is CSCC[C@H](N)C(=O)N(C)Cc1ccc(C)cc1C. The molecule has 0 unspecified atom stereocenters. The van der Waals surface area contributed by atoms with Crippen molar-refractivity contribution in [2.75, 3.05) is 19.1 Å². The van der Waals surface area contributed by atoms with Gasteiger partial charge < -0.3 is 10.6 Å². The summed E-state index contributed by atoms with van der Waals surface area (Å²) in [5, 5.41) is 0. The highest BCUT2D eigenvalue weighted by Gasteiger charge is 2.18. The monoisotopic (exact) mass is 280 g/mol. The molecule has 4 heteroatoms. The van der Waals surface area contributed by atoms with E-state index in [-0.39, 0.29) is 11.9 Å². The molecular weight excluding hydrogens is 256 g/mol. The van der Waals surface area contributed by atoms with E-state index in [1.807, 2.05) is 13.3 Å². The molecule has 0 spiro atoms. The van der Waals surface area contributed by atoms with E-state index in [0.29, 0.717) is 6.54 Å². The van der Waals surface area contributed by atoms with Crippen LogP contribution in [0.2, 0.25) is 0 Å². The Morgan fingerprint density at radius 1 is 1.42 bits per heavy atom. The maximum absolute atomic E-state index is 12.1. The third-order valence-corrected chi connectivity index (χ3v) is 3.88. The van der Waals surface area contributed by atoms with Gasteiger partial charge >= 0.3 is 0 Å². The number of hydrogen-bond donors (Lipinski definition) is 1. The highest BCUT2D eigenvalue weighted by atomic mass is 32.2. The van der Waals surface area contributed by atoms with Crippen LogP contribution in [0.25, 0.3) is 0 Å². The largest absolute Gasteiger partial charge is 0.340 e. The summed E-state index contributed by atoms with van der Waals surface area (Å²) in [6, 6.07) is 5.92. The Hall–Kier alpha value is -1.00. The lowest BCUT2D eigenvalue weighted by Crippen LogP contribution is -2.41. The molecule has 0 heterocycles. The van der Waals surface area contributed by atoms with Gasteiger partial charge in [0.25, 0.3) is 0 Å². The van der Waals surface area contributed by atoms with Crippen LogP contribution in [0.3, 0.4) is 0 Å². The van der Waals surface area contributed by atoms with E-state index in [1.54, 1.807) is 16.7 Å². The topological polar surface area (TPSA) is 46.3 Å². The minimum absolute atomic E-state index is 0.0222. The van der Waals surface area contributed by atoms with Gasteiger partial charge in [-0.3, -0.25) is 4.79 Å². The standard InChI is InChI=1S/C15H24N2OS/c1-11-5-6-13(12(2)9-11)10-17(3)15(18)14(16)7-8-19-4/h5-6,9,14H,7-8,10,16H2,1-4H3/t14-/m0/s1. The first-order valence-corrected chi connectivity index (χ1v) is 7.90. The number of hydrogen-bond acceptors (Lipinski definition) is 3. The van der Waals surface area contributed by atoms with E-state index in [2.05, 4.69) is 32.0 Å². The van der Waals surface area contributed by atoms with Crippen molar-refractivity contribution in [1.82, 2.24) is 4.90 Å². The predicted molar refractivity (Wildman–Crippen MR) is 83.4 cm³/mol. The number of likely N-dealkylation sites (N-methyl/N-ethyl adjacent to an activating group) is 1. The van der Waals surface area contributed by atoms with Crippen molar-refractivity contribution in [2.45, 2.75) is 32.9 Å². The molecule has 0 saturated heterocycles. The van der Waals surface area contributed by atoms with Crippen LogP contribution in [0.15, 0.2) is 18.2 Å². The fourth-order valence-corrected chi connectivity index (χ4v) is 2.50. The maximum atomic E-state index is 12.1. The van der Waals surface area contributed by atoms with Gasteiger partial charge in [0.2, 0.25) is 5.91 Å². The van der Waals surface area contributed by atoms with Gasteiger partial charge in [-0.25, -0.2) is 0 Å². The zero-order valence-electron chi connectivity index (χ0n) is 12.3. The number of benzene rings is 1. The summed E-state index contributed by atoms with van der Waals surface area (Å²) in [4.78, 5) is 13.8. The van der Waals surface area contributed by atoms with Gasteiger partial charge in [0.05, 0.1) is 6.04 Å². The lowest BCUT2D eigenvalue weighted by molar-refractivity contribution is -0.131. The summed E-state index contributed by atoms with van der Waals surface area (Å²) in [6.45, 7) is 4.77. The minimum Gasteiger partial charge on any atom is -0.340 e. The van der Waals surface area contributed by atoms with Gasteiger partial charge in [-0.1, -0.05) is 23.8 Å². The first kappa shape index (κ1) is 16.1. The number of rotatable bonds is 6. The van der Waals surface area contributed by atoms with Crippen molar-refractivity contribution in [2.24, 2.45) is 5.73 Å². The molecule has 106 valence electrons. The molecule has 0 aliphatic carbocycles. The number of thioether (sulfide) groups is 1. The van der Waals surface area contributed by atoms with Crippen LogP contribution < -0.4 is 5.73 Å². The Balaban J connectivity index is 2.63. The fraction of sp³-hybridized carbons (Fsp3) is 0.533. The molecule has 0 fully saturated rings. The van der Waals surface area contributed by atoms with E-state index in [0.717, 1.165) is 12.2 Å². The quantitative estimate of drug-likeness (QED) is 0.870. The number of carbonyl (C=O) groups excluding carboxylic acids is 1. The Morgan fingerprint density at radius 3 is 2.68 bits per heavy atom. The molecule has 2 N–H and O–H groups in total. The van der Waals surface area contributed by atoms with E-state index >= 15 is 0 Å². The van der Waals surface area contributed by atoms with Crippen LogP contribution in [0.1, 0.15) is 23.1 Å². The van der Waals surface area contributed by atoms with Gasteiger partial charge in [0, 0.05) is 13.6 Å². The van der Waals surface area contributed by atoms with E-state index in [4.69, 9.17) is 5.73 Å². The van der Waals surface area contributed by atoms with Gasteiger partial charge in [0.1, 0.15) is 0 Å². The molecular formula is C15H24N2OS. The first-order chi connectivity index (χ1) is 8.95. The van der Waals surface area contributed by atoms with Crippen LogP contribution in [-0.2, 0) is 11.3 Å². The van der Waals surface area contributed by atoms with Crippen molar-refractivity contribution >= 4 is 17.7 Å². The summed E-state index contributed by atoms with van der Waals surface area (Å²) < 4.78 is 0. The average molecular weight is 280 g/mol. The first-order valence-electron chi connectivity index (χ1n) is 6.51. The van der Waals surface area contributed by atoms with Crippen LogP contribution in [0.5, 0.6) is 0 Å². The third-order valence-electron chi connectivity index (χ3n) is 3.23. The van der Waals surface area contributed by atoms with Crippen molar-refractivity contribution < 1.29 is 4.79 Å². The molecule has 1 rings (SSSR count). The predicted octanol–water partition coefficient (Wildman–Crippen LogP) is 2.34. The molecule has 0 aliphatic heterocycles. The van der Waals surface area contributed by atoms with Crippen molar-refractivity contribution in [3.8, 4) is 0 Å². The Kier molecular flexibility index (Phi) is 6.38. The second-order valence-corrected chi connectivity index (χ2v) is 6.00. The van der Waals surface area contributed by atoms with Gasteiger partial charge in [-0.05, 0) is 43.4 Å². The zero-order chi connectivity index (χ0) is 14.4. The maximum Gasteiger partial charge on any atom is 0.239 e. The number of aryl methyl sites for hydroxylation is 2. The lowest BCUT2D eigenvalue weighted by atomic mass is 10.1. The number of nitrogens with zero attached hydrogens (tertiary/aromatic N) is 1. The third kappa shape index (κ3) is 4.88. The highest BCUT2D eigenvalue weighted by Crippen LogP contribution is 2.13. The van der Waals surface area contributed by atoms with Crippen LogP contribution >= 0.6 is 11.8 Å². The Bertz CT molecular complexity index is 434. The molecule has 1 amide bonds. The van der Waals surface area contributed by atoms with E-state index in [1.165, 1.54) is 16.7 Å². The van der Waals surface area contributed by atoms with Crippen LogP contribution in [-0.4, -0.2) is 35.9 Å². The van der Waals surface area contributed by atoms with E-state index in [9.17, 15) is 4.79 Å². The summed E-state index contributed by atoms with van der Waals surface area (Å²) in [7, 11) is 1.82. The molecule has 1 aromatic carbocycles. The molecule has 19 heavy (non-hydrogen) atoms. The fourth-order valence-electron chi connectivity index (χ4n) is 2.01. The molecule has 1 aromatic rings. The van der Waals surface area contributed by atoms with Crippen LogP contribution in [0.4, 0.5) is 0 Å². The van der Waals surface area contributed by atoms with Crippen molar-refractivity contribution in [3.63, 3.8) is 0 Å². The molecule has 0 saturated carbocycles. The van der Waals surface area contributed by atoms with Crippen LogP contribution in [0, 0.1) is 13.8 Å². The molecule has 0 aliphatic rings. The normalized spacial score (nSPS) is 12.3. The second kappa shape index (κ2) is 7.56. The summed E-state index contributed by atoms with van der Waals surface area (Å²) >= 11 is 1.72. The van der Waals surface area contributed by atoms with Gasteiger partial charge in [-0.2, -0.15) is 11.8 Å². The number of carbonyl (C=O) groups is 1. The molecule has 0 aromatic heterocycles. The average Bonchev–Trinajstić information content (AvgIpc) is 2.38. The van der Waals surface area contributed by atoms with E-state index < -0.39 is 0 Å². The molecule has 3 nitrogen and oxygen atoms in total. The Morgan fingerprint density at radius 2 is 2.11 bits per heavy atom. The smallest absolute Gasteiger partial charge is 0.239 e. The Labute approximate surface area is 120 Å². The van der Waals surface area contributed by atoms with Crippen molar-refractivity contribution in [1.29, 1.82) is 0 Å². The number of amides is 1. The molecule has 0 radical (unpaired) electrons. The van der Waals surface area contributed by atoms with Crippen molar-refractivity contribution in [3.05, 3.63) is 34.9 Å². The minimum atomic E-state index is -0.386. The summed E-state index contributed by atoms with van der Waals surface area (Å²) in [6.07, 6.45) is 2.76. The summed E-state index contributed by atoms with van der Waals surface area (Å²) in [5.74, 6) is 0.943. The molecule has 0 bridgehead atoms.